The van der Waals surface area contributed by atoms with Gasteiger partial charge in [0.05, 0.1) is 6.61 Å². The topological polar surface area (TPSA) is 41.6 Å². The van der Waals surface area contributed by atoms with E-state index in [2.05, 4.69) is 17.4 Å². The van der Waals surface area contributed by atoms with Gasteiger partial charge in [0.25, 0.3) is 0 Å². The Hall–Kier alpha value is -1.39. The fraction of sp³-hybridized carbons (Fsp3) is 0.533. The molecule has 4 nitrogen and oxygen atoms in total. The third-order valence-corrected chi connectivity index (χ3v) is 3.89. The number of hydrogen-bond donors (Lipinski definition) is 1. The quantitative estimate of drug-likeness (QED) is 0.823. The van der Waals surface area contributed by atoms with Crippen molar-refractivity contribution in [1.29, 1.82) is 0 Å². The van der Waals surface area contributed by atoms with E-state index in [1.165, 1.54) is 5.56 Å². The van der Waals surface area contributed by atoms with Crippen LogP contribution >= 0.6 is 0 Å². The maximum absolute atomic E-state index is 12.7. The van der Waals surface area contributed by atoms with Crippen LogP contribution in [0.1, 0.15) is 23.6 Å². The molecule has 1 N–H and O–H groups in total. The first-order valence-electron chi connectivity index (χ1n) is 7.04. The zero-order valence-electron chi connectivity index (χ0n) is 11.1. The van der Waals surface area contributed by atoms with Crippen LogP contribution in [-0.2, 0) is 16.0 Å². The van der Waals surface area contributed by atoms with Crippen LogP contribution in [0.2, 0.25) is 0 Å². The van der Waals surface area contributed by atoms with E-state index in [0.717, 1.165) is 38.1 Å². The van der Waals surface area contributed by atoms with Gasteiger partial charge in [-0.05, 0) is 24.0 Å². The van der Waals surface area contributed by atoms with E-state index in [-0.39, 0.29) is 11.9 Å². The lowest BCUT2D eigenvalue weighted by Gasteiger charge is -2.30. The minimum Gasteiger partial charge on any atom is -0.380 e. The molecule has 2 aliphatic heterocycles. The SMILES string of the molecule is O=C(C1NCCc2ccccc21)N1CCCOCC1. The molecule has 1 amide bonds. The summed E-state index contributed by atoms with van der Waals surface area (Å²) in [6.07, 6.45) is 1.93. The summed E-state index contributed by atoms with van der Waals surface area (Å²) >= 11 is 0. The molecule has 102 valence electrons. The van der Waals surface area contributed by atoms with Gasteiger partial charge < -0.3 is 15.0 Å². The number of rotatable bonds is 1. The van der Waals surface area contributed by atoms with Gasteiger partial charge >= 0.3 is 0 Å². The van der Waals surface area contributed by atoms with Crippen molar-refractivity contribution >= 4 is 5.91 Å². The molecule has 4 heteroatoms. The van der Waals surface area contributed by atoms with Crippen molar-refractivity contribution in [3.63, 3.8) is 0 Å². The number of fused-ring (bicyclic) bond motifs is 1. The van der Waals surface area contributed by atoms with E-state index in [9.17, 15) is 4.79 Å². The molecule has 1 fully saturated rings. The molecule has 2 aliphatic rings. The Balaban J connectivity index is 1.80. The Kier molecular flexibility index (Phi) is 3.80. The third kappa shape index (κ3) is 2.65. The Morgan fingerprint density at radius 2 is 2.16 bits per heavy atom. The van der Waals surface area contributed by atoms with Gasteiger partial charge in [-0.1, -0.05) is 24.3 Å². The van der Waals surface area contributed by atoms with Crippen molar-refractivity contribution in [3.8, 4) is 0 Å². The zero-order chi connectivity index (χ0) is 13.1. The minimum atomic E-state index is -0.178. The predicted octanol–water partition coefficient (Wildman–Crippen LogP) is 1.12. The summed E-state index contributed by atoms with van der Waals surface area (Å²) in [5.41, 5.74) is 2.44. The van der Waals surface area contributed by atoms with E-state index in [4.69, 9.17) is 4.74 Å². The van der Waals surface area contributed by atoms with Crippen LogP contribution in [-0.4, -0.2) is 43.7 Å². The van der Waals surface area contributed by atoms with Crippen molar-refractivity contribution in [2.24, 2.45) is 0 Å². The Labute approximate surface area is 113 Å². The Morgan fingerprint density at radius 3 is 3.11 bits per heavy atom. The molecule has 0 aromatic heterocycles. The van der Waals surface area contributed by atoms with Crippen molar-refractivity contribution < 1.29 is 9.53 Å². The van der Waals surface area contributed by atoms with Crippen molar-refractivity contribution in [1.82, 2.24) is 10.2 Å². The first kappa shape index (κ1) is 12.6. The minimum absolute atomic E-state index is 0.178. The van der Waals surface area contributed by atoms with Crippen LogP contribution in [0.15, 0.2) is 24.3 Å². The highest BCUT2D eigenvalue weighted by molar-refractivity contribution is 5.84. The number of ether oxygens (including phenoxy) is 1. The predicted molar refractivity (Wildman–Crippen MR) is 72.9 cm³/mol. The molecule has 0 aliphatic carbocycles. The fourth-order valence-electron chi connectivity index (χ4n) is 2.87. The fourth-order valence-corrected chi connectivity index (χ4v) is 2.87. The molecular formula is C15H20N2O2. The average Bonchev–Trinajstić information content (AvgIpc) is 2.75. The van der Waals surface area contributed by atoms with Crippen molar-refractivity contribution in [2.45, 2.75) is 18.9 Å². The molecule has 1 aromatic carbocycles. The number of nitrogens with zero attached hydrogens (tertiary/aromatic N) is 1. The molecule has 1 saturated heterocycles. The normalized spacial score (nSPS) is 23.6. The number of carbonyl (C=O) groups excluding carboxylic acids is 1. The lowest BCUT2D eigenvalue weighted by molar-refractivity contribution is -0.133. The summed E-state index contributed by atoms with van der Waals surface area (Å²) in [5, 5.41) is 3.36. The summed E-state index contributed by atoms with van der Waals surface area (Å²) in [5.74, 6) is 0.192. The largest absolute Gasteiger partial charge is 0.380 e. The summed E-state index contributed by atoms with van der Waals surface area (Å²) in [4.78, 5) is 14.6. The van der Waals surface area contributed by atoms with Crippen LogP contribution < -0.4 is 5.32 Å². The summed E-state index contributed by atoms with van der Waals surface area (Å²) in [7, 11) is 0. The highest BCUT2D eigenvalue weighted by Crippen LogP contribution is 2.24. The van der Waals surface area contributed by atoms with Crippen LogP contribution in [0.5, 0.6) is 0 Å². The van der Waals surface area contributed by atoms with Gasteiger partial charge in [0.15, 0.2) is 0 Å². The number of carbonyl (C=O) groups is 1. The maximum atomic E-state index is 12.7. The zero-order valence-corrected chi connectivity index (χ0v) is 11.1. The molecule has 1 atom stereocenters. The Morgan fingerprint density at radius 1 is 1.26 bits per heavy atom. The Bertz CT molecular complexity index is 453. The van der Waals surface area contributed by atoms with Crippen LogP contribution in [0.25, 0.3) is 0 Å². The standard InChI is InChI=1S/C15H20N2O2/c18-15(17-8-3-10-19-11-9-17)14-13-5-2-1-4-12(13)6-7-16-14/h1-2,4-5,14,16H,3,6-11H2. The average molecular weight is 260 g/mol. The van der Waals surface area contributed by atoms with Crippen LogP contribution in [0, 0.1) is 0 Å². The molecule has 0 bridgehead atoms. The molecule has 0 radical (unpaired) electrons. The number of amides is 1. The molecular weight excluding hydrogens is 240 g/mol. The lowest BCUT2D eigenvalue weighted by Crippen LogP contribution is -2.44. The van der Waals surface area contributed by atoms with Gasteiger partial charge in [0.1, 0.15) is 6.04 Å². The van der Waals surface area contributed by atoms with Gasteiger partial charge in [-0.2, -0.15) is 0 Å². The first-order valence-corrected chi connectivity index (χ1v) is 7.04. The number of hydrogen-bond acceptors (Lipinski definition) is 3. The van der Waals surface area contributed by atoms with E-state index in [1.54, 1.807) is 0 Å². The number of nitrogens with one attached hydrogen (secondary N) is 1. The molecule has 0 spiro atoms. The highest BCUT2D eigenvalue weighted by Gasteiger charge is 2.29. The third-order valence-electron chi connectivity index (χ3n) is 3.89. The van der Waals surface area contributed by atoms with E-state index >= 15 is 0 Å². The summed E-state index contributed by atoms with van der Waals surface area (Å²) < 4.78 is 5.42. The van der Waals surface area contributed by atoms with Gasteiger partial charge in [-0.25, -0.2) is 0 Å². The first-order chi connectivity index (χ1) is 9.36. The summed E-state index contributed by atoms with van der Waals surface area (Å²) in [6.45, 7) is 3.80. The monoisotopic (exact) mass is 260 g/mol. The molecule has 19 heavy (non-hydrogen) atoms. The molecule has 3 rings (SSSR count). The van der Waals surface area contributed by atoms with Gasteiger partial charge in [-0.3, -0.25) is 4.79 Å². The second-order valence-corrected chi connectivity index (χ2v) is 5.13. The molecule has 0 saturated carbocycles. The smallest absolute Gasteiger partial charge is 0.244 e. The van der Waals surface area contributed by atoms with Gasteiger partial charge in [-0.15, -0.1) is 0 Å². The van der Waals surface area contributed by atoms with E-state index < -0.39 is 0 Å². The molecule has 1 unspecified atom stereocenters. The highest BCUT2D eigenvalue weighted by atomic mass is 16.5. The van der Waals surface area contributed by atoms with Crippen molar-refractivity contribution in [3.05, 3.63) is 35.4 Å². The van der Waals surface area contributed by atoms with Crippen molar-refractivity contribution in [2.75, 3.05) is 32.8 Å². The van der Waals surface area contributed by atoms with E-state index in [1.807, 2.05) is 17.0 Å². The second-order valence-electron chi connectivity index (χ2n) is 5.13. The van der Waals surface area contributed by atoms with Gasteiger partial charge in [0, 0.05) is 26.2 Å². The molecule has 1 aromatic rings. The maximum Gasteiger partial charge on any atom is 0.244 e. The van der Waals surface area contributed by atoms with E-state index in [0.29, 0.717) is 13.2 Å². The number of benzene rings is 1. The lowest BCUT2D eigenvalue weighted by atomic mass is 9.93. The summed E-state index contributed by atoms with van der Waals surface area (Å²) in [6, 6.07) is 8.08. The van der Waals surface area contributed by atoms with Gasteiger partial charge in [0.2, 0.25) is 5.91 Å². The van der Waals surface area contributed by atoms with Crippen LogP contribution in [0.4, 0.5) is 0 Å². The molecule has 2 heterocycles. The van der Waals surface area contributed by atoms with Crippen LogP contribution in [0.3, 0.4) is 0 Å². The second kappa shape index (κ2) is 5.72.